The Hall–Kier alpha value is -4.81. The average Bonchev–Trinajstić information content (AvgIpc) is 3.51. The van der Waals surface area contributed by atoms with E-state index in [1.165, 1.54) is 4.40 Å². The van der Waals surface area contributed by atoms with Crippen LogP contribution in [0.5, 0.6) is 5.88 Å². The molecule has 3 aromatic heterocycles. The number of hydrogen-bond donors (Lipinski definition) is 3. The van der Waals surface area contributed by atoms with Crippen LogP contribution in [0.1, 0.15) is 24.0 Å². The van der Waals surface area contributed by atoms with Gasteiger partial charge in [0.2, 0.25) is 11.8 Å². The maximum absolute atomic E-state index is 13.2. The number of likely N-dealkylation sites (tertiary alicyclic amines) is 1. The average molecular weight is 714 g/mol. The van der Waals surface area contributed by atoms with Crippen molar-refractivity contribution in [3.05, 3.63) is 105 Å². The highest BCUT2D eigenvalue weighted by Crippen LogP contribution is 2.42. The smallest absolute Gasteiger partial charge is 0.309 e. The van der Waals surface area contributed by atoms with Gasteiger partial charge in [0.15, 0.2) is 0 Å². The summed E-state index contributed by atoms with van der Waals surface area (Å²) < 4.78 is 7.12. The molecule has 13 heteroatoms. The number of rotatable bonds is 11. The van der Waals surface area contributed by atoms with Crippen LogP contribution >= 0.6 is 23.2 Å². The van der Waals surface area contributed by atoms with Crippen molar-refractivity contribution in [1.29, 1.82) is 0 Å². The summed E-state index contributed by atoms with van der Waals surface area (Å²) >= 11 is 14.2. The van der Waals surface area contributed by atoms with Gasteiger partial charge in [-0.15, -0.1) is 0 Å². The van der Waals surface area contributed by atoms with Gasteiger partial charge >= 0.3 is 5.97 Å². The molecule has 0 unspecified atom stereocenters. The molecule has 11 nitrogen and oxygen atoms in total. The molecule has 7 rings (SSSR count). The van der Waals surface area contributed by atoms with Gasteiger partial charge in [-0.25, -0.2) is 9.97 Å². The summed E-state index contributed by atoms with van der Waals surface area (Å²) in [5, 5.41) is 16.5. The third-order valence-corrected chi connectivity index (χ3v) is 10.1. The molecule has 0 radical (unpaired) electrons. The summed E-state index contributed by atoms with van der Waals surface area (Å²) in [6.45, 7) is 2.37. The van der Waals surface area contributed by atoms with Gasteiger partial charge in [-0.05, 0) is 30.2 Å². The van der Waals surface area contributed by atoms with E-state index in [1.54, 1.807) is 19.5 Å². The molecule has 0 bridgehead atoms. The number of methoxy groups -OCH3 is 1. The molecule has 1 atom stereocenters. The Bertz CT molecular complexity index is 2180. The van der Waals surface area contributed by atoms with Crippen LogP contribution in [-0.2, 0) is 22.7 Å². The number of ether oxygens (including phenoxy) is 1. The highest BCUT2D eigenvalue weighted by atomic mass is 35.5. The Morgan fingerprint density at radius 3 is 2.42 bits per heavy atom. The summed E-state index contributed by atoms with van der Waals surface area (Å²) in [5.41, 5.74) is 6.02. The van der Waals surface area contributed by atoms with Gasteiger partial charge < -0.3 is 20.5 Å². The number of benzene rings is 2. The molecule has 0 saturated carbocycles. The van der Waals surface area contributed by atoms with E-state index in [0.29, 0.717) is 72.0 Å². The van der Waals surface area contributed by atoms with E-state index >= 15 is 0 Å². The minimum absolute atomic E-state index is 0.0878. The maximum Gasteiger partial charge on any atom is 0.309 e. The fraction of sp³-hybridized carbons (Fsp3) is 0.270. The van der Waals surface area contributed by atoms with Crippen LogP contribution in [0.2, 0.25) is 10.0 Å². The van der Waals surface area contributed by atoms with Crippen molar-refractivity contribution in [3.63, 3.8) is 0 Å². The molecule has 0 spiro atoms. The van der Waals surface area contributed by atoms with Crippen molar-refractivity contribution >= 4 is 40.7 Å². The van der Waals surface area contributed by atoms with Gasteiger partial charge in [0.25, 0.3) is 5.56 Å². The van der Waals surface area contributed by atoms with Crippen LogP contribution in [0, 0.1) is 5.92 Å². The monoisotopic (exact) mass is 712 g/mol. The Morgan fingerprint density at radius 2 is 1.72 bits per heavy atom. The molecule has 2 saturated heterocycles. The number of carbonyl (C=O) groups is 2. The zero-order valence-corrected chi connectivity index (χ0v) is 28.7. The quantitative estimate of drug-likeness (QED) is 0.167. The van der Waals surface area contributed by atoms with Gasteiger partial charge in [0.1, 0.15) is 5.65 Å². The van der Waals surface area contributed by atoms with Crippen molar-refractivity contribution in [2.75, 3.05) is 26.7 Å². The molecule has 2 fully saturated rings. The predicted molar refractivity (Wildman–Crippen MR) is 191 cm³/mol. The number of pyridine rings is 2. The minimum Gasteiger partial charge on any atom is -0.481 e. The Labute approximate surface area is 297 Å². The van der Waals surface area contributed by atoms with Crippen LogP contribution in [0.15, 0.2) is 77.9 Å². The second-order valence-corrected chi connectivity index (χ2v) is 13.4. The molecule has 0 aliphatic carbocycles. The second-order valence-electron chi connectivity index (χ2n) is 12.6. The summed E-state index contributed by atoms with van der Waals surface area (Å²) in [6, 6.07) is 19.1. The number of amides is 1. The molecular weight excluding hydrogens is 679 g/mol. The first-order chi connectivity index (χ1) is 24.2. The topological polar surface area (TPSA) is 138 Å². The van der Waals surface area contributed by atoms with Crippen LogP contribution in [0.4, 0.5) is 0 Å². The normalized spacial score (nSPS) is 16.4. The Balaban J connectivity index is 1.12. The maximum atomic E-state index is 13.2. The lowest BCUT2D eigenvalue weighted by molar-refractivity contribution is -0.147. The summed E-state index contributed by atoms with van der Waals surface area (Å²) in [5.74, 6) is -0.646. The number of carbonyl (C=O) groups excluding carboxylic acids is 1. The van der Waals surface area contributed by atoms with Crippen LogP contribution in [0.25, 0.3) is 39.2 Å². The standard InChI is InChI=1S/C37H34Cl2N6O5/c1-50-35-22(15-40-17-25-9-11-32(46)42-25)8-10-30(43-35)29-7-3-6-28(34(29)39)27-5-2-4-26(33(27)38)21-12-13-45-31(14-21)41-16-23(36(45)47)18-44-19-24(20-44)37(48)49/h2-8,10,12-14,16,24-25,40H,9,11,15,17-20H2,1H3,(H,42,46)(H,48,49)/t25-/m1/s1. The van der Waals surface area contributed by atoms with E-state index < -0.39 is 11.9 Å². The predicted octanol–water partition coefficient (Wildman–Crippen LogP) is 5.29. The number of nitrogens with zero attached hydrogens (tertiary/aromatic N) is 4. The Morgan fingerprint density at radius 1 is 1.00 bits per heavy atom. The van der Waals surface area contributed by atoms with E-state index in [1.807, 2.05) is 65.6 Å². The molecule has 2 aromatic carbocycles. The number of nitrogens with one attached hydrogen (secondary N) is 2. The SMILES string of the molecule is COc1nc(-c2cccc(-c3cccc(-c4ccn5c(=O)c(CN6CC(C(=O)O)C6)cnc5c4)c3Cl)c2Cl)ccc1CNC[C@H]1CCC(=O)N1. The van der Waals surface area contributed by atoms with Gasteiger partial charge in [0, 0.05) is 85.4 Å². The first-order valence-corrected chi connectivity index (χ1v) is 17.0. The zero-order valence-electron chi connectivity index (χ0n) is 27.2. The molecular formula is C37H34Cl2N6O5. The van der Waals surface area contributed by atoms with Gasteiger partial charge in [-0.2, -0.15) is 0 Å². The van der Waals surface area contributed by atoms with Crippen molar-refractivity contribution in [2.24, 2.45) is 5.92 Å². The number of hydrogen-bond acceptors (Lipinski definition) is 8. The van der Waals surface area contributed by atoms with Crippen LogP contribution in [0.3, 0.4) is 0 Å². The first kappa shape index (κ1) is 33.7. The molecule has 5 heterocycles. The lowest BCUT2D eigenvalue weighted by Crippen LogP contribution is -2.50. The highest BCUT2D eigenvalue weighted by molar-refractivity contribution is 6.39. The third-order valence-electron chi connectivity index (χ3n) is 9.28. The molecule has 50 heavy (non-hydrogen) atoms. The third kappa shape index (κ3) is 6.69. The van der Waals surface area contributed by atoms with E-state index in [2.05, 4.69) is 15.6 Å². The number of aliphatic carboxylic acids is 1. The number of fused-ring (bicyclic) bond motifs is 1. The Kier molecular flexibility index (Phi) is 9.56. The van der Waals surface area contributed by atoms with Crippen molar-refractivity contribution in [3.8, 4) is 39.4 Å². The molecule has 2 aliphatic heterocycles. The lowest BCUT2D eigenvalue weighted by atomic mass is 9.97. The van der Waals surface area contributed by atoms with Crippen molar-refractivity contribution in [2.45, 2.75) is 32.0 Å². The van der Waals surface area contributed by atoms with Crippen molar-refractivity contribution < 1.29 is 19.4 Å². The minimum atomic E-state index is -0.819. The molecule has 5 aromatic rings. The number of halogens is 2. The van der Waals surface area contributed by atoms with Crippen LogP contribution < -0.4 is 20.9 Å². The fourth-order valence-electron chi connectivity index (χ4n) is 6.53. The number of carboxylic acid groups (broad SMARTS) is 1. The summed E-state index contributed by atoms with van der Waals surface area (Å²) in [7, 11) is 1.58. The molecule has 3 N–H and O–H groups in total. The van der Waals surface area contributed by atoms with E-state index in [9.17, 15) is 14.4 Å². The van der Waals surface area contributed by atoms with E-state index in [0.717, 1.165) is 39.8 Å². The van der Waals surface area contributed by atoms with E-state index in [-0.39, 0.29) is 17.5 Å². The number of carboxylic acids is 1. The number of aromatic nitrogens is 3. The van der Waals surface area contributed by atoms with Crippen molar-refractivity contribution in [1.82, 2.24) is 29.9 Å². The zero-order chi connectivity index (χ0) is 34.9. The molecule has 1 amide bonds. The lowest BCUT2D eigenvalue weighted by Gasteiger charge is -2.36. The second kappa shape index (κ2) is 14.2. The fourth-order valence-corrected chi connectivity index (χ4v) is 7.19. The van der Waals surface area contributed by atoms with E-state index in [4.69, 9.17) is 38.0 Å². The van der Waals surface area contributed by atoms with Gasteiger partial charge in [-0.3, -0.25) is 23.7 Å². The first-order valence-electron chi connectivity index (χ1n) is 16.3. The molecule has 256 valence electrons. The largest absolute Gasteiger partial charge is 0.481 e. The van der Waals surface area contributed by atoms with Crippen LogP contribution in [-0.4, -0.2) is 69.0 Å². The van der Waals surface area contributed by atoms with Gasteiger partial charge in [0.05, 0.1) is 34.3 Å². The summed E-state index contributed by atoms with van der Waals surface area (Å²) in [4.78, 5) is 47.1. The molecule has 2 aliphatic rings. The highest BCUT2D eigenvalue weighted by Gasteiger charge is 2.32. The summed E-state index contributed by atoms with van der Waals surface area (Å²) in [6.07, 6.45) is 4.62. The van der Waals surface area contributed by atoms with Gasteiger partial charge in [-0.1, -0.05) is 65.7 Å².